The van der Waals surface area contributed by atoms with E-state index >= 15 is 0 Å². The Hall–Kier alpha value is -2.33. The van der Waals surface area contributed by atoms with Gasteiger partial charge < -0.3 is 10.3 Å². The summed E-state index contributed by atoms with van der Waals surface area (Å²) in [6.07, 6.45) is 4.93. The van der Waals surface area contributed by atoms with E-state index < -0.39 is 0 Å². The highest BCUT2D eigenvalue weighted by Crippen LogP contribution is 2.21. The van der Waals surface area contributed by atoms with Crippen LogP contribution < -0.4 is 5.32 Å². The number of fused-ring (bicyclic) bond motifs is 1. The van der Waals surface area contributed by atoms with Crippen LogP contribution in [0.5, 0.6) is 0 Å². The van der Waals surface area contributed by atoms with Crippen molar-refractivity contribution in [2.24, 2.45) is 0 Å². The molecule has 0 aliphatic carbocycles. The lowest BCUT2D eigenvalue weighted by molar-refractivity contribution is 0.102. The summed E-state index contributed by atoms with van der Waals surface area (Å²) in [4.78, 5) is 19.1. The van der Waals surface area contributed by atoms with E-state index in [2.05, 4.69) is 15.3 Å². The number of nitrogens with one attached hydrogen (secondary N) is 2. The predicted molar refractivity (Wildman–Crippen MR) is 75.5 cm³/mol. The third kappa shape index (κ3) is 2.30. The maximum Gasteiger partial charge on any atom is 0.255 e. The van der Waals surface area contributed by atoms with E-state index in [0.29, 0.717) is 16.3 Å². The fourth-order valence-corrected chi connectivity index (χ4v) is 2.01. The zero-order valence-corrected chi connectivity index (χ0v) is 10.6. The molecule has 1 aromatic carbocycles. The molecule has 2 N–H and O–H groups in total. The molecule has 1 amide bonds. The SMILES string of the molecule is O=C(Nc1cnccc1Cl)c1ccc2cc[nH]c2c1. The number of halogens is 1. The number of hydrogen-bond donors (Lipinski definition) is 2. The van der Waals surface area contributed by atoms with E-state index in [4.69, 9.17) is 11.6 Å². The zero-order chi connectivity index (χ0) is 13.2. The van der Waals surface area contributed by atoms with Gasteiger partial charge in [0.2, 0.25) is 0 Å². The van der Waals surface area contributed by atoms with Crippen LogP contribution >= 0.6 is 11.6 Å². The average molecular weight is 272 g/mol. The number of pyridine rings is 1. The lowest BCUT2D eigenvalue weighted by Crippen LogP contribution is -2.12. The molecule has 0 saturated heterocycles. The first kappa shape index (κ1) is 11.7. The van der Waals surface area contributed by atoms with Crippen molar-refractivity contribution in [3.05, 3.63) is 59.5 Å². The van der Waals surface area contributed by atoms with E-state index in [9.17, 15) is 4.79 Å². The van der Waals surface area contributed by atoms with Crippen LogP contribution in [0.4, 0.5) is 5.69 Å². The zero-order valence-electron chi connectivity index (χ0n) is 9.85. The van der Waals surface area contributed by atoms with Gasteiger partial charge in [-0.15, -0.1) is 0 Å². The molecular weight excluding hydrogens is 262 g/mol. The molecule has 0 spiro atoms. The van der Waals surface area contributed by atoms with Gasteiger partial charge in [-0.25, -0.2) is 0 Å². The molecular formula is C14H10ClN3O. The highest BCUT2D eigenvalue weighted by molar-refractivity contribution is 6.33. The first-order valence-electron chi connectivity index (χ1n) is 5.72. The predicted octanol–water partition coefficient (Wildman–Crippen LogP) is 3.47. The van der Waals surface area contributed by atoms with Crippen LogP contribution in [0.25, 0.3) is 10.9 Å². The van der Waals surface area contributed by atoms with E-state index in [0.717, 1.165) is 10.9 Å². The number of amides is 1. The third-order valence-electron chi connectivity index (χ3n) is 2.83. The van der Waals surface area contributed by atoms with Crippen molar-refractivity contribution in [1.29, 1.82) is 0 Å². The molecule has 5 heteroatoms. The van der Waals surface area contributed by atoms with Crippen molar-refractivity contribution in [1.82, 2.24) is 9.97 Å². The van der Waals surface area contributed by atoms with E-state index in [1.165, 1.54) is 6.20 Å². The minimum absolute atomic E-state index is 0.216. The van der Waals surface area contributed by atoms with Crippen LogP contribution in [-0.2, 0) is 0 Å². The van der Waals surface area contributed by atoms with Crippen molar-refractivity contribution < 1.29 is 4.79 Å². The molecule has 0 atom stereocenters. The molecule has 0 fully saturated rings. The molecule has 3 aromatic rings. The molecule has 2 heterocycles. The number of anilines is 1. The largest absolute Gasteiger partial charge is 0.361 e. The number of carbonyl (C=O) groups excluding carboxylic acids is 1. The highest BCUT2D eigenvalue weighted by atomic mass is 35.5. The van der Waals surface area contributed by atoms with Crippen LogP contribution in [0, 0.1) is 0 Å². The summed E-state index contributed by atoms with van der Waals surface area (Å²) in [5.41, 5.74) is 1.99. The van der Waals surface area contributed by atoms with Crippen molar-refractivity contribution >= 4 is 34.1 Å². The van der Waals surface area contributed by atoms with Gasteiger partial charge in [-0.3, -0.25) is 9.78 Å². The molecule has 0 aliphatic rings. The van der Waals surface area contributed by atoms with Gasteiger partial charge in [0, 0.05) is 23.5 Å². The fourth-order valence-electron chi connectivity index (χ4n) is 1.85. The average Bonchev–Trinajstić information content (AvgIpc) is 2.88. The Morgan fingerprint density at radius 3 is 3.00 bits per heavy atom. The highest BCUT2D eigenvalue weighted by Gasteiger charge is 2.09. The molecule has 0 aliphatic heterocycles. The van der Waals surface area contributed by atoms with Gasteiger partial charge in [0.25, 0.3) is 5.91 Å². The van der Waals surface area contributed by atoms with Crippen LogP contribution in [0.2, 0.25) is 5.02 Å². The Morgan fingerprint density at radius 1 is 1.26 bits per heavy atom. The Bertz CT molecular complexity index is 751. The first-order chi connectivity index (χ1) is 9.24. The number of aromatic nitrogens is 2. The maximum absolute atomic E-state index is 12.1. The van der Waals surface area contributed by atoms with Gasteiger partial charge >= 0.3 is 0 Å². The van der Waals surface area contributed by atoms with Crippen LogP contribution in [0.3, 0.4) is 0 Å². The summed E-state index contributed by atoms with van der Waals surface area (Å²) >= 11 is 5.97. The van der Waals surface area contributed by atoms with Gasteiger partial charge in [-0.2, -0.15) is 0 Å². The Labute approximate surface area is 114 Å². The van der Waals surface area contributed by atoms with E-state index in [1.54, 1.807) is 24.4 Å². The lowest BCUT2D eigenvalue weighted by Gasteiger charge is -2.06. The third-order valence-corrected chi connectivity index (χ3v) is 3.16. The molecule has 2 aromatic heterocycles. The van der Waals surface area contributed by atoms with Crippen molar-refractivity contribution in [2.45, 2.75) is 0 Å². The number of hydrogen-bond acceptors (Lipinski definition) is 2. The Morgan fingerprint density at radius 2 is 2.16 bits per heavy atom. The van der Waals surface area contributed by atoms with E-state index in [1.807, 2.05) is 18.3 Å². The molecule has 0 bridgehead atoms. The molecule has 94 valence electrons. The molecule has 0 saturated carbocycles. The standard InChI is InChI=1S/C14H10ClN3O/c15-11-4-5-16-8-13(11)18-14(19)10-2-1-9-3-6-17-12(9)7-10/h1-8,17H,(H,18,19). The second kappa shape index (κ2) is 4.74. The second-order valence-corrected chi connectivity index (χ2v) is 4.50. The fraction of sp³-hybridized carbons (Fsp3) is 0. The number of carbonyl (C=O) groups is 1. The number of benzene rings is 1. The summed E-state index contributed by atoms with van der Waals surface area (Å²) in [5.74, 6) is -0.216. The number of H-pyrrole nitrogens is 1. The van der Waals surface area contributed by atoms with E-state index in [-0.39, 0.29) is 5.91 Å². The quantitative estimate of drug-likeness (QED) is 0.750. The number of rotatable bonds is 2. The van der Waals surface area contributed by atoms with Gasteiger partial charge in [0.05, 0.1) is 16.9 Å². The lowest BCUT2D eigenvalue weighted by atomic mass is 10.1. The van der Waals surface area contributed by atoms with Crippen molar-refractivity contribution in [3.8, 4) is 0 Å². The summed E-state index contributed by atoms with van der Waals surface area (Å²) in [5, 5.41) is 4.26. The molecule has 3 rings (SSSR count). The molecule has 0 unspecified atom stereocenters. The molecule has 4 nitrogen and oxygen atoms in total. The van der Waals surface area contributed by atoms with Gasteiger partial charge in [-0.05, 0) is 29.7 Å². The van der Waals surface area contributed by atoms with Crippen molar-refractivity contribution in [3.63, 3.8) is 0 Å². The summed E-state index contributed by atoms with van der Waals surface area (Å²) < 4.78 is 0. The minimum Gasteiger partial charge on any atom is -0.361 e. The maximum atomic E-state index is 12.1. The van der Waals surface area contributed by atoms with Crippen LogP contribution in [0.15, 0.2) is 48.9 Å². The van der Waals surface area contributed by atoms with Gasteiger partial charge in [-0.1, -0.05) is 17.7 Å². The number of nitrogens with zero attached hydrogens (tertiary/aromatic N) is 1. The molecule has 0 radical (unpaired) electrons. The summed E-state index contributed by atoms with van der Waals surface area (Å²) in [7, 11) is 0. The second-order valence-electron chi connectivity index (χ2n) is 4.09. The van der Waals surface area contributed by atoms with Crippen molar-refractivity contribution in [2.75, 3.05) is 5.32 Å². The van der Waals surface area contributed by atoms with Gasteiger partial charge in [0.15, 0.2) is 0 Å². The summed E-state index contributed by atoms with van der Waals surface area (Å²) in [6.45, 7) is 0. The Balaban J connectivity index is 1.89. The Kier molecular flexibility index (Phi) is 2.93. The first-order valence-corrected chi connectivity index (χ1v) is 6.10. The smallest absolute Gasteiger partial charge is 0.255 e. The normalized spacial score (nSPS) is 10.6. The monoisotopic (exact) mass is 271 g/mol. The summed E-state index contributed by atoms with van der Waals surface area (Å²) in [6, 6.07) is 9.05. The minimum atomic E-state index is -0.216. The number of aromatic amines is 1. The van der Waals surface area contributed by atoms with Gasteiger partial charge in [0.1, 0.15) is 0 Å². The topological polar surface area (TPSA) is 57.8 Å². The van der Waals surface area contributed by atoms with Crippen LogP contribution in [-0.4, -0.2) is 15.9 Å². The molecule has 19 heavy (non-hydrogen) atoms. The van der Waals surface area contributed by atoms with Crippen LogP contribution in [0.1, 0.15) is 10.4 Å².